The van der Waals surface area contributed by atoms with Gasteiger partial charge in [-0.1, -0.05) is 48.2 Å². The van der Waals surface area contributed by atoms with Crippen LogP contribution in [0.3, 0.4) is 0 Å². The summed E-state index contributed by atoms with van der Waals surface area (Å²) < 4.78 is 5.50. The monoisotopic (exact) mass is 458 g/mol. The highest BCUT2D eigenvalue weighted by molar-refractivity contribution is 7.98. The van der Waals surface area contributed by atoms with E-state index in [0.29, 0.717) is 22.5 Å². The maximum atomic E-state index is 12.3. The standard InChI is InChI=1S/C24H18N4O2S2/c1-16(29)28(18-8-3-2-4-9-18)24-25-17(15-32-24)14-31-23-19-10-5-6-11-20(19)26-22(27-23)21-12-7-13-30-21/h2-13,15H,14H2,1H3. The van der Waals surface area contributed by atoms with Gasteiger partial charge in [0.1, 0.15) is 5.03 Å². The number of para-hydroxylation sites is 2. The van der Waals surface area contributed by atoms with Gasteiger partial charge < -0.3 is 4.42 Å². The van der Waals surface area contributed by atoms with Crippen LogP contribution in [-0.4, -0.2) is 20.9 Å². The van der Waals surface area contributed by atoms with Crippen molar-refractivity contribution in [3.05, 3.63) is 84.1 Å². The molecule has 0 atom stereocenters. The number of anilines is 2. The molecule has 0 spiro atoms. The fourth-order valence-electron chi connectivity index (χ4n) is 3.29. The van der Waals surface area contributed by atoms with Crippen LogP contribution in [0.25, 0.3) is 22.5 Å². The van der Waals surface area contributed by atoms with Gasteiger partial charge in [-0.15, -0.1) is 11.3 Å². The van der Waals surface area contributed by atoms with Gasteiger partial charge in [-0.2, -0.15) is 0 Å². The molecule has 0 unspecified atom stereocenters. The second-order valence-corrected chi connectivity index (χ2v) is 8.75. The van der Waals surface area contributed by atoms with Crippen LogP contribution < -0.4 is 4.90 Å². The summed E-state index contributed by atoms with van der Waals surface area (Å²) in [7, 11) is 0. The van der Waals surface area contributed by atoms with Gasteiger partial charge in [0.2, 0.25) is 5.91 Å². The lowest BCUT2D eigenvalue weighted by Crippen LogP contribution is -2.22. The van der Waals surface area contributed by atoms with E-state index >= 15 is 0 Å². The summed E-state index contributed by atoms with van der Waals surface area (Å²) >= 11 is 3.05. The molecule has 2 aromatic carbocycles. The summed E-state index contributed by atoms with van der Waals surface area (Å²) in [6.45, 7) is 1.55. The molecule has 0 saturated carbocycles. The molecule has 0 fully saturated rings. The van der Waals surface area contributed by atoms with Crippen LogP contribution in [0.1, 0.15) is 12.6 Å². The van der Waals surface area contributed by atoms with E-state index in [-0.39, 0.29) is 5.91 Å². The van der Waals surface area contributed by atoms with Crippen LogP contribution in [0.15, 0.2) is 87.8 Å². The van der Waals surface area contributed by atoms with E-state index < -0.39 is 0 Å². The molecule has 3 aromatic heterocycles. The first-order valence-electron chi connectivity index (χ1n) is 9.92. The molecule has 0 saturated heterocycles. The molecular weight excluding hydrogens is 440 g/mol. The van der Waals surface area contributed by atoms with E-state index in [0.717, 1.165) is 27.3 Å². The van der Waals surface area contributed by atoms with Crippen molar-refractivity contribution < 1.29 is 9.21 Å². The van der Waals surface area contributed by atoms with Crippen molar-refractivity contribution in [2.45, 2.75) is 17.7 Å². The minimum atomic E-state index is -0.0744. The Balaban J connectivity index is 1.42. The molecule has 0 aliphatic rings. The molecule has 0 bridgehead atoms. The summed E-state index contributed by atoms with van der Waals surface area (Å²) in [5, 5.41) is 4.49. The first kappa shape index (κ1) is 20.4. The van der Waals surface area contributed by atoms with Crippen molar-refractivity contribution >= 4 is 50.7 Å². The Morgan fingerprint density at radius 1 is 1.00 bits per heavy atom. The van der Waals surface area contributed by atoms with Crippen molar-refractivity contribution in [1.82, 2.24) is 15.0 Å². The Kier molecular flexibility index (Phi) is 5.70. The van der Waals surface area contributed by atoms with Crippen molar-refractivity contribution in [3.63, 3.8) is 0 Å². The molecule has 0 aliphatic carbocycles. The van der Waals surface area contributed by atoms with Crippen LogP contribution in [0.5, 0.6) is 0 Å². The van der Waals surface area contributed by atoms with Gasteiger partial charge in [-0.25, -0.2) is 15.0 Å². The van der Waals surface area contributed by atoms with E-state index in [2.05, 4.69) is 4.98 Å². The highest BCUT2D eigenvalue weighted by Gasteiger charge is 2.18. The Hall–Kier alpha value is -3.49. The van der Waals surface area contributed by atoms with E-state index in [1.54, 1.807) is 29.8 Å². The average molecular weight is 459 g/mol. The molecular formula is C24H18N4O2S2. The lowest BCUT2D eigenvalue weighted by atomic mass is 10.2. The first-order valence-corrected chi connectivity index (χ1v) is 11.8. The van der Waals surface area contributed by atoms with E-state index in [9.17, 15) is 4.79 Å². The number of fused-ring (bicyclic) bond motifs is 1. The molecule has 0 radical (unpaired) electrons. The van der Waals surface area contributed by atoms with Gasteiger partial charge in [-0.05, 0) is 30.3 Å². The maximum Gasteiger partial charge on any atom is 0.230 e. The number of hydrogen-bond acceptors (Lipinski definition) is 7. The first-order chi connectivity index (χ1) is 15.7. The number of furan rings is 1. The Morgan fingerprint density at radius 2 is 1.81 bits per heavy atom. The zero-order chi connectivity index (χ0) is 21.9. The predicted molar refractivity (Wildman–Crippen MR) is 128 cm³/mol. The highest BCUT2D eigenvalue weighted by Crippen LogP contribution is 2.33. The maximum absolute atomic E-state index is 12.3. The third kappa shape index (κ3) is 4.15. The van der Waals surface area contributed by atoms with E-state index in [1.165, 1.54) is 11.3 Å². The van der Waals surface area contributed by atoms with Gasteiger partial charge in [0, 0.05) is 23.4 Å². The molecule has 158 valence electrons. The molecule has 32 heavy (non-hydrogen) atoms. The van der Waals surface area contributed by atoms with Gasteiger partial charge in [0.15, 0.2) is 16.7 Å². The number of benzene rings is 2. The molecule has 8 heteroatoms. The largest absolute Gasteiger partial charge is 0.461 e. The van der Waals surface area contributed by atoms with E-state index in [1.807, 2.05) is 72.1 Å². The van der Waals surface area contributed by atoms with Gasteiger partial charge in [0.25, 0.3) is 0 Å². The Bertz CT molecular complexity index is 1370. The zero-order valence-electron chi connectivity index (χ0n) is 17.1. The number of thioether (sulfide) groups is 1. The van der Waals surface area contributed by atoms with Crippen LogP contribution in [0.4, 0.5) is 10.8 Å². The fourth-order valence-corrected chi connectivity index (χ4v) is 5.19. The second-order valence-electron chi connectivity index (χ2n) is 6.95. The molecule has 0 aliphatic heterocycles. The van der Waals surface area contributed by atoms with Gasteiger partial charge in [-0.3, -0.25) is 9.69 Å². The number of amides is 1. The van der Waals surface area contributed by atoms with Crippen LogP contribution in [0.2, 0.25) is 0 Å². The average Bonchev–Trinajstić information content (AvgIpc) is 3.51. The number of nitrogens with zero attached hydrogens (tertiary/aromatic N) is 4. The number of aromatic nitrogens is 3. The van der Waals surface area contributed by atoms with Gasteiger partial charge >= 0.3 is 0 Å². The summed E-state index contributed by atoms with van der Waals surface area (Å²) in [4.78, 5) is 28.0. The minimum absolute atomic E-state index is 0.0744. The quantitative estimate of drug-likeness (QED) is 0.219. The molecule has 5 rings (SSSR count). The second kappa shape index (κ2) is 8.94. The SMILES string of the molecule is CC(=O)N(c1ccccc1)c1nc(CSc2nc(-c3ccco3)nc3ccccc23)cs1. The van der Waals surface area contributed by atoms with Crippen molar-refractivity contribution in [2.24, 2.45) is 0 Å². The normalized spacial score (nSPS) is 11.0. The van der Waals surface area contributed by atoms with Crippen LogP contribution in [0, 0.1) is 0 Å². The number of carbonyl (C=O) groups is 1. The Labute approximate surface area is 193 Å². The predicted octanol–water partition coefficient (Wildman–Crippen LogP) is 6.32. The van der Waals surface area contributed by atoms with Gasteiger partial charge in [0.05, 0.1) is 23.2 Å². The van der Waals surface area contributed by atoms with E-state index in [4.69, 9.17) is 14.4 Å². The topological polar surface area (TPSA) is 72.1 Å². The molecule has 6 nitrogen and oxygen atoms in total. The van der Waals surface area contributed by atoms with Crippen molar-refractivity contribution in [2.75, 3.05) is 4.90 Å². The summed E-state index contributed by atoms with van der Waals surface area (Å²) in [6, 6.07) is 21.2. The third-order valence-electron chi connectivity index (χ3n) is 4.73. The van der Waals surface area contributed by atoms with Crippen LogP contribution >= 0.6 is 23.1 Å². The number of hydrogen-bond donors (Lipinski definition) is 0. The third-order valence-corrected chi connectivity index (χ3v) is 6.63. The Morgan fingerprint density at radius 3 is 2.59 bits per heavy atom. The number of rotatable bonds is 6. The van der Waals surface area contributed by atoms with Crippen molar-refractivity contribution in [1.29, 1.82) is 0 Å². The number of thiazole rings is 1. The van der Waals surface area contributed by atoms with Crippen molar-refractivity contribution in [3.8, 4) is 11.6 Å². The lowest BCUT2D eigenvalue weighted by molar-refractivity contribution is -0.115. The molecule has 3 heterocycles. The summed E-state index contributed by atoms with van der Waals surface area (Å²) in [5.41, 5.74) is 2.56. The summed E-state index contributed by atoms with van der Waals surface area (Å²) in [6.07, 6.45) is 1.62. The number of carbonyl (C=O) groups excluding carboxylic acids is 1. The highest BCUT2D eigenvalue weighted by atomic mass is 32.2. The smallest absolute Gasteiger partial charge is 0.230 e. The molecule has 5 aromatic rings. The zero-order valence-corrected chi connectivity index (χ0v) is 18.8. The van der Waals surface area contributed by atoms with Crippen LogP contribution in [-0.2, 0) is 10.5 Å². The molecule has 1 amide bonds. The summed E-state index contributed by atoms with van der Waals surface area (Å²) in [5.74, 6) is 1.74. The lowest BCUT2D eigenvalue weighted by Gasteiger charge is -2.17. The molecule has 0 N–H and O–H groups in total. The fraction of sp³-hybridized carbons (Fsp3) is 0.0833. The minimum Gasteiger partial charge on any atom is -0.461 e.